The monoisotopic (exact) mass is 271 g/mol. The lowest BCUT2D eigenvalue weighted by molar-refractivity contribution is 0.0976. The molecule has 1 N–H and O–H groups in total. The second-order valence-corrected chi connectivity index (χ2v) is 5.28. The molecule has 0 aliphatic heterocycles. The zero-order valence-corrected chi connectivity index (χ0v) is 11.0. The Kier molecular flexibility index (Phi) is 4.74. The number of hydrogen-bond donors (Lipinski definition) is 1. The first kappa shape index (κ1) is 12.7. The first-order chi connectivity index (χ1) is 7.00. The van der Waals surface area contributed by atoms with Crippen molar-refractivity contribution in [3.05, 3.63) is 28.5 Å². The van der Waals surface area contributed by atoms with E-state index >= 15 is 0 Å². The molecule has 2 unspecified atom stereocenters. The first-order valence-corrected chi connectivity index (χ1v) is 6.07. The van der Waals surface area contributed by atoms with Crippen molar-refractivity contribution in [2.75, 3.05) is 0 Å². The molecule has 0 spiro atoms. The average molecular weight is 272 g/mol. The molecule has 15 heavy (non-hydrogen) atoms. The maximum Gasteiger partial charge on any atom is 0.0545 e. The van der Waals surface area contributed by atoms with E-state index in [0.29, 0.717) is 11.8 Å². The number of aliphatic hydroxyl groups excluding tert-OH is 1. The highest BCUT2D eigenvalue weighted by Gasteiger charge is 2.19. The van der Waals surface area contributed by atoms with Gasteiger partial charge < -0.3 is 5.11 Å². The summed E-state index contributed by atoms with van der Waals surface area (Å²) in [4.78, 5) is 4.13. The van der Waals surface area contributed by atoms with Crippen LogP contribution in [0.5, 0.6) is 0 Å². The van der Waals surface area contributed by atoms with Gasteiger partial charge in [-0.1, -0.05) is 13.8 Å². The Morgan fingerprint density at radius 3 is 2.47 bits per heavy atom. The molecule has 1 aromatic heterocycles. The van der Waals surface area contributed by atoms with E-state index in [1.54, 1.807) is 6.20 Å². The SMILES string of the molecule is CC(C)C(Cc1cncc(Br)c1)C(C)O. The molecule has 2 atom stereocenters. The van der Waals surface area contributed by atoms with Crippen molar-refractivity contribution in [2.45, 2.75) is 33.3 Å². The Morgan fingerprint density at radius 1 is 1.33 bits per heavy atom. The Hall–Kier alpha value is -0.410. The third-order valence-corrected chi connectivity index (χ3v) is 3.14. The summed E-state index contributed by atoms with van der Waals surface area (Å²) in [5, 5.41) is 9.68. The molecule has 84 valence electrons. The minimum absolute atomic E-state index is 0.274. The summed E-state index contributed by atoms with van der Waals surface area (Å²) < 4.78 is 0.994. The summed E-state index contributed by atoms with van der Waals surface area (Å²) in [6.45, 7) is 6.14. The number of hydrogen-bond acceptors (Lipinski definition) is 2. The van der Waals surface area contributed by atoms with Crippen molar-refractivity contribution in [3.8, 4) is 0 Å². The minimum Gasteiger partial charge on any atom is -0.393 e. The van der Waals surface area contributed by atoms with E-state index in [4.69, 9.17) is 0 Å². The predicted molar refractivity (Wildman–Crippen MR) is 65.6 cm³/mol. The van der Waals surface area contributed by atoms with Gasteiger partial charge in [0, 0.05) is 16.9 Å². The fourth-order valence-corrected chi connectivity index (χ4v) is 2.22. The molecule has 3 heteroatoms. The largest absolute Gasteiger partial charge is 0.393 e. The number of aliphatic hydroxyl groups is 1. The van der Waals surface area contributed by atoms with E-state index in [2.05, 4.69) is 40.8 Å². The molecule has 0 saturated carbocycles. The summed E-state index contributed by atoms with van der Waals surface area (Å²) >= 11 is 3.40. The van der Waals surface area contributed by atoms with E-state index in [1.807, 2.05) is 13.1 Å². The van der Waals surface area contributed by atoms with Crippen molar-refractivity contribution in [1.29, 1.82) is 0 Å². The molecule has 0 saturated heterocycles. The fourth-order valence-electron chi connectivity index (χ4n) is 1.80. The molecular weight excluding hydrogens is 254 g/mol. The third kappa shape index (κ3) is 3.92. The maximum absolute atomic E-state index is 9.68. The molecule has 2 nitrogen and oxygen atoms in total. The predicted octanol–water partition coefficient (Wildman–Crippen LogP) is 3.04. The number of rotatable bonds is 4. The Morgan fingerprint density at radius 2 is 2.00 bits per heavy atom. The number of aromatic nitrogens is 1. The Bertz CT molecular complexity index is 304. The van der Waals surface area contributed by atoms with Gasteiger partial charge in [0.15, 0.2) is 0 Å². The van der Waals surface area contributed by atoms with Crippen molar-refractivity contribution in [3.63, 3.8) is 0 Å². The van der Waals surface area contributed by atoms with E-state index in [0.717, 1.165) is 10.9 Å². The summed E-state index contributed by atoms with van der Waals surface area (Å²) in [5.74, 6) is 0.769. The molecular formula is C12H18BrNO. The number of nitrogens with zero attached hydrogens (tertiary/aromatic N) is 1. The van der Waals surface area contributed by atoms with Crippen LogP contribution in [0.25, 0.3) is 0 Å². The molecule has 1 aromatic rings. The van der Waals surface area contributed by atoms with Gasteiger partial charge in [0.25, 0.3) is 0 Å². The van der Waals surface area contributed by atoms with Crippen molar-refractivity contribution in [2.24, 2.45) is 11.8 Å². The van der Waals surface area contributed by atoms with E-state index in [-0.39, 0.29) is 6.10 Å². The van der Waals surface area contributed by atoms with E-state index in [1.165, 1.54) is 5.56 Å². The van der Waals surface area contributed by atoms with Crippen LogP contribution in [-0.4, -0.2) is 16.2 Å². The van der Waals surface area contributed by atoms with Crippen LogP contribution in [0.4, 0.5) is 0 Å². The normalized spacial score (nSPS) is 15.3. The van der Waals surface area contributed by atoms with Gasteiger partial charge in [-0.05, 0) is 52.7 Å². The lowest BCUT2D eigenvalue weighted by Crippen LogP contribution is -2.24. The molecule has 1 rings (SSSR count). The molecule has 1 heterocycles. The molecule has 0 aromatic carbocycles. The van der Waals surface area contributed by atoms with Gasteiger partial charge in [0.2, 0.25) is 0 Å². The Balaban J connectivity index is 2.74. The zero-order valence-electron chi connectivity index (χ0n) is 9.44. The molecule has 0 bridgehead atoms. The van der Waals surface area contributed by atoms with Crippen LogP contribution < -0.4 is 0 Å². The van der Waals surface area contributed by atoms with Gasteiger partial charge in [-0.15, -0.1) is 0 Å². The molecule has 0 fully saturated rings. The highest BCUT2D eigenvalue weighted by Crippen LogP contribution is 2.21. The second kappa shape index (κ2) is 5.61. The molecule has 0 amide bonds. The van der Waals surface area contributed by atoms with E-state index in [9.17, 15) is 5.11 Å². The quantitative estimate of drug-likeness (QED) is 0.913. The highest BCUT2D eigenvalue weighted by molar-refractivity contribution is 9.10. The zero-order chi connectivity index (χ0) is 11.4. The minimum atomic E-state index is -0.274. The average Bonchev–Trinajstić information content (AvgIpc) is 2.13. The van der Waals surface area contributed by atoms with Crippen molar-refractivity contribution in [1.82, 2.24) is 4.98 Å². The van der Waals surface area contributed by atoms with Crippen LogP contribution >= 0.6 is 15.9 Å². The molecule has 0 radical (unpaired) electrons. The lowest BCUT2D eigenvalue weighted by Gasteiger charge is -2.23. The van der Waals surface area contributed by atoms with Crippen LogP contribution in [0.2, 0.25) is 0 Å². The molecule has 0 aliphatic carbocycles. The smallest absolute Gasteiger partial charge is 0.0545 e. The van der Waals surface area contributed by atoms with Gasteiger partial charge in [-0.3, -0.25) is 4.98 Å². The first-order valence-electron chi connectivity index (χ1n) is 5.28. The maximum atomic E-state index is 9.68. The van der Waals surface area contributed by atoms with E-state index < -0.39 is 0 Å². The summed E-state index contributed by atoms with van der Waals surface area (Å²) in [6.07, 6.45) is 4.24. The summed E-state index contributed by atoms with van der Waals surface area (Å²) in [5.41, 5.74) is 1.17. The highest BCUT2D eigenvalue weighted by atomic mass is 79.9. The fraction of sp³-hybridized carbons (Fsp3) is 0.583. The van der Waals surface area contributed by atoms with Crippen LogP contribution in [0.3, 0.4) is 0 Å². The standard InChI is InChI=1S/C12H18BrNO/c1-8(2)12(9(3)15)5-10-4-11(13)7-14-6-10/h4,6-9,12,15H,5H2,1-3H3. The lowest BCUT2D eigenvalue weighted by atomic mass is 9.86. The van der Waals surface area contributed by atoms with Gasteiger partial charge in [-0.25, -0.2) is 0 Å². The number of pyridine rings is 1. The van der Waals surface area contributed by atoms with Gasteiger partial charge >= 0.3 is 0 Å². The summed E-state index contributed by atoms with van der Waals surface area (Å²) in [7, 11) is 0. The van der Waals surface area contributed by atoms with Crippen LogP contribution in [-0.2, 0) is 6.42 Å². The third-order valence-electron chi connectivity index (χ3n) is 2.71. The van der Waals surface area contributed by atoms with Crippen LogP contribution in [0.15, 0.2) is 22.9 Å². The topological polar surface area (TPSA) is 33.1 Å². The second-order valence-electron chi connectivity index (χ2n) is 4.36. The number of halogens is 1. The van der Waals surface area contributed by atoms with Gasteiger partial charge in [-0.2, -0.15) is 0 Å². The van der Waals surface area contributed by atoms with Gasteiger partial charge in [0.05, 0.1) is 6.10 Å². The van der Waals surface area contributed by atoms with Crippen molar-refractivity contribution < 1.29 is 5.11 Å². The Labute approximate surface area is 99.9 Å². The van der Waals surface area contributed by atoms with Crippen LogP contribution in [0, 0.1) is 11.8 Å². The van der Waals surface area contributed by atoms with Gasteiger partial charge in [0.1, 0.15) is 0 Å². The van der Waals surface area contributed by atoms with Crippen molar-refractivity contribution >= 4 is 15.9 Å². The summed E-state index contributed by atoms with van der Waals surface area (Å²) in [6, 6.07) is 2.06. The van der Waals surface area contributed by atoms with Crippen LogP contribution in [0.1, 0.15) is 26.3 Å². The molecule has 0 aliphatic rings.